The van der Waals surface area contributed by atoms with E-state index in [9.17, 15) is 9.90 Å². The number of amides is 1. The fraction of sp³-hybridized carbons (Fsp3) is 0.217. The Balaban J connectivity index is 1.55. The van der Waals surface area contributed by atoms with Crippen LogP contribution in [0.25, 0.3) is 0 Å². The SMILES string of the molecule is C=CCc1cccc(/C=N\NC(=O)[C@@H](C)Sc2nnc(CNc3cccc(Cl)c3)n2C)c1O. The first kappa shape index (κ1) is 24.3. The van der Waals surface area contributed by atoms with Crippen LogP contribution in [0.4, 0.5) is 5.69 Å². The number of anilines is 1. The molecule has 8 nitrogen and oxygen atoms in total. The number of thioether (sulfide) groups is 1. The average molecular weight is 485 g/mol. The molecule has 33 heavy (non-hydrogen) atoms. The number of hydrazone groups is 1. The molecule has 10 heteroatoms. The van der Waals surface area contributed by atoms with Crippen molar-refractivity contribution in [3.8, 4) is 5.75 Å². The van der Waals surface area contributed by atoms with Crippen LogP contribution in [0.2, 0.25) is 5.02 Å². The Morgan fingerprint density at radius 3 is 2.88 bits per heavy atom. The van der Waals surface area contributed by atoms with Gasteiger partial charge in [0.05, 0.1) is 18.0 Å². The van der Waals surface area contributed by atoms with Gasteiger partial charge < -0.3 is 15.0 Å². The molecule has 0 aliphatic heterocycles. The van der Waals surface area contributed by atoms with Gasteiger partial charge in [-0.15, -0.1) is 16.8 Å². The third-order valence-electron chi connectivity index (χ3n) is 4.75. The normalized spacial score (nSPS) is 12.0. The third-order valence-corrected chi connectivity index (χ3v) is 6.11. The van der Waals surface area contributed by atoms with Gasteiger partial charge in [0.25, 0.3) is 5.91 Å². The van der Waals surface area contributed by atoms with Crippen LogP contribution in [-0.4, -0.2) is 37.2 Å². The van der Waals surface area contributed by atoms with Crippen molar-refractivity contribution in [2.75, 3.05) is 5.32 Å². The minimum absolute atomic E-state index is 0.121. The molecule has 1 atom stereocenters. The number of phenols is 1. The van der Waals surface area contributed by atoms with Crippen LogP contribution in [0.3, 0.4) is 0 Å². The number of halogens is 1. The quantitative estimate of drug-likeness (QED) is 0.173. The highest BCUT2D eigenvalue weighted by atomic mass is 35.5. The molecule has 0 saturated heterocycles. The molecular weight excluding hydrogens is 460 g/mol. The molecule has 0 aliphatic rings. The van der Waals surface area contributed by atoms with Gasteiger partial charge in [-0.1, -0.05) is 47.6 Å². The molecular formula is C23H25ClN6O2S. The Kier molecular flexibility index (Phi) is 8.51. The fourth-order valence-corrected chi connectivity index (χ4v) is 3.90. The summed E-state index contributed by atoms with van der Waals surface area (Å²) in [4.78, 5) is 12.4. The average Bonchev–Trinajstić information content (AvgIpc) is 3.14. The molecule has 0 spiro atoms. The molecule has 3 rings (SSSR count). The highest BCUT2D eigenvalue weighted by molar-refractivity contribution is 8.00. The van der Waals surface area contributed by atoms with Gasteiger partial charge in [-0.25, -0.2) is 5.43 Å². The Morgan fingerprint density at radius 2 is 2.12 bits per heavy atom. The fourth-order valence-electron chi connectivity index (χ4n) is 2.88. The number of rotatable bonds is 10. The minimum Gasteiger partial charge on any atom is -0.507 e. The van der Waals surface area contributed by atoms with Crippen LogP contribution in [0.1, 0.15) is 23.9 Å². The van der Waals surface area contributed by atoms with Crippen LogP contribution < -0.4 is 10.7 Å². The van der Waals surface area contributed by atoms with E-state index in [-0.39, 0.29) is 11.7 Å². The first-order chi connectivity index (χ1) is 15.9. The predicted molar refractivity (Wildman–Crippen MR) is 133 cm³/mol. The molecule has 0 bridgehead atoms. The van der Waals surface area contributed by atoms with Gasteiger partial charge in [0, 0.05) is 23.3 Å². The van der Waals surface area contributed by atoms with Crippen molar-refractivity contribution >= 4 is 41.2 Å². The van der Waals surface area contributed by atoms with Crippen molar-refractivity contribution in [1.82, 2.24) is 20.2 Å². The lowest BCUT2D eigenvalue weighted by molar-refractivity contribution is -0.120. The maximum atomic E-state index is 12.4. The second kappa shape index (κ2) is 11.5. The summed E-state index contributed by atoms with van der Waals surface area (Å²) in [7, 11) is 1.85. The molecule has 172 valence electrons. The third kappa shape index (κ3) is 6.59. The van der Waals surface area contributed by atoms with Gasteiger partial charge in [0.1, 0.15) is 5.75 Å². The number of allylic oxidation sites excluding steroid dienone is 1. The monoisotopic (exact) mass is 484 g/mol. The summed E-state index contributed by atoms with van der Waals surface area (Å²) in [6.45, 7) is 5.90. The lowest BCUT2D eigenvalue weighted by Crippen LogP contribution is -2.27. The van der Waals surface area contributed by atoms with Crippen molar-refractivity contribution in [3.63, 3.8) is 0 Å². The van der Waals surface area contributed by atoms with E-state index >= 15 is 0 Å². The molecule has 0 fully saturated rings. The first-order valence-electron chi connectivity index (χ1n) is 10.2. The zero-order valence-electron chi connectivity index (χ0n) is 18.3. The van der Waals surface area contributed by atoms with Crippen LogP contribution in [0.5, 0.6) is 5.75 Å². The van der Waals surface area contributed by atoms with Gasteiger partial charge in [-0.3, -0.25) is 4.79 Å². The Hall–Kier alpha value is -3.30. The van der Waals surface area contributed by atoms with Gasteiger partial charge in [-0.05, 0) is 43.2 Å². The molecule has 3 aromatic rings. The van der Waals surface area contributed by atoms with Crippen molar-refractivity contribution in [2.24, 2.45) is 12.1 Å². The van der Waals surface area contributed by atoms with Gasteiger partial charge >= 0.3 is 0 Å². The summed E-state index contributed by atoms with van der Waals surface area (Å²) >= 11 is 7.28. The number of carbonyl (C=O) groups is 1. The molecule has 1 aromatic heterocycles. The smallest absolute Gasteiger partial charge is 0.253 e. The van der Waals surface area contributed by atoms with Gasteiger partial charge in [-0.2, -0.15) is 5.10 Å². The summed E-state index contributed by atoms with van der Waals surface area (Å²) in [6, 6.07) is 12.8. The van der Waals surface area contributed by atoms with E-state index in [0.29, 0.717) is 28.7 Å². The zero-order valence-corrected chi connectivity index (χ0v) is 19.9. The van der Waals surface area contributed by atoms with Crippen molar-refractivity contribution in [3.05, 3.63) is 77.1 Å². The Morgan fingerprint density at radius 1 is 1.33 bits per heavy atom. The maximum Gasteiger partial charge on any atom is 0.253 e. The number of nitrogens with zero attached hydrogens (tertiary/aromatic N) is 4. The number of hydrogen-bond acceptors (Lipinski definition) is 7. The summed E-state index contributed by atoms with van der Waals surface area (Å²) < 4.78 is 1.83. The van der Waals surface area contributed by atoms with Crippen molar-refractivity contribution in [1.29, 1.82) is 0 Å². The summed E-state index contributed by atoms with van der Waals surface area (Å²) in [5, 5.41) is 26.7. The number of aromatic nitrogens is 3. The highest BCUT2D eigenvalue weighted by Crippen LogP contribution is 2.23. The molecule has 1 amide bonds. The van der Waals surface area contributed by atoms with E-state index in [1.54, 1.807) is 19.1 Å². The van der Waals surface area contributed by atoms with Crippen LogP contribution in [-0.2, 0) is 24.8 Å². The van der Waals surface area contributed by atoms with Crippen LogP contribution in [0, 0.1) is 0 Å². The predicted octanol–water partition coefficient (Wildman–Crippen LogP) is 4.15. The molecule has 0 radical (unpaired) electrons. The number of phenolic OH excluding ortho intramolecular Hbond substituents is 1. The van der Waals surface area contributed by atoms with E-state index < -0.39 is 5.25 Å². The van der Waals surface area contributed by atoms with Crippen molar-refractivity contribution < 1.29 is 9.90 Å². The van der Waals surface area contributed by atoms with E-state index in [1.807, 2.05) is 48.0 Å². The Labute approximate surface area is 201 Å². The van der Waals surface area contributed by atoms with E-state index in [1.165, 1.54) is 18.0 Å². The lowest BCUT2D eigenvalue weighted by Gasteiger charge is -2.10. The molecule has 2 aromatic carbocycles. The number of carbonyl (C=O) groups excluding carboxylic acids is 1. The summed E-state index contributed by atoms with van der Waals surface area (Å²) in [6.07, 6.45) is 3.67. The first-order valence-corrected chi connectivity index (χ1v) is 11.4. The second-order valence-electron chi connectivity index (χ2n) is 7.16. The topological polar surface area (TPSA) is 104 Å². The minimum atomic E-state index is -0.459. The molecule has 1 heterocycles. The number of benzene rings is 2. The number of para-hydroxylation sites is 1. The summed E-state index contributed by atoms with van der Waals surface area (Å²) in [5.41, 5.74) is 4.64. The van der Waals surface area contributed by atoms with Crippen LogP contribution in [0.15, 0.2) is 65.4 Å². The molecule has 3 N–H and O–H groups in total. The number of aromatic hydroxyl groups is 1. The van der Waals surface area contributed by atoms with E-state index in [2.05, 4.69) is 32.6 Å². The number of nitrogens with one attached hydrogen (secondary N) is 2. The lowest BCUT2D eigenvalue weighted by atomic mass is 10.1. The largest absolute Gasteiger partial charge is 0.507 e. The molecule has 0 aliphatic carbocycles. The van der Waals surface area contributed by atoms with Gasteiger partial charge in [0.15, 0.2) is 11.0 Å². The van der Waals surface area contributed by atoms with E-state index in [4.69, 9.17) is 11.6 Å². The van der Waals surface area contributed by atoms with Crippen molar-refractivity contribution in [2.45, 2.75) is 30.3 Å². The van der Waals surface area contributed by atoms with E-state index in [0.717, 1.165) is 17.1 Å². The standard InChI is InChI=1S/C23H25ClN6O2S/c1-4-7-16-8-5-9-17(21(16)31)13-26-28-22(32)15(2)33-23-29-27-20(30(23)3)14-25-19-11-6-10-18(24)12-19/h4-6,8-13,15,25,31H,1,7,14H2,2-3H3,(H,28,32)/b26-13-/t15-/m1/s1. The second-order valence-corrected chi connectivity index (χ2v) is 8.91. The molecule has 0 unspecified atom stereocenters. The zero-order chi connectivity index (χ0) is 23.8. The van der Waals surface area contributed by atoms with Gasteiger partial charge in [0.2, 0.25) is 0 Å². The molecule has 0 saturated carbocycles. The van der Waals surface area contributed by atoms with Crippen LogP contribution >= 0.6 is 23.4 Å². The summed E-state index contributed by atoms with van der Waals surface area (Å²) in [5.74, 6) is 0.549. The number of hydrogen-bond donors (Lipinski definition) is 3. The Bertz CT molecular complexity index is 1160. The highest BCUT2D eigenvalue weighted by Gasteiger charge is 2.18. The maximum absolute atomic E-state index is 12.4.